The van der Waals surface area contributed by atoms with Gasteiger partial charge in [-0.3, -0.25) is 4.90 Å². The summed E-state index contributed by atoms with van der Waals surface area (Å²) in [7, 11) is 3.49. The molecule has 1 aliphatic rings. The lowest BCUT2D eigenvalue weighted by Crippen LogP contribution is -2.34. The maximum atomic E-state index is 6.01. The smallest absolute Gasteiger partial charge is 0.226 e. The van der Waals surface area contributed by atoms with Crippen LogP contribution in [0.25, 0.3) is 11.5 Å². The van der Waals surface area contributed by atoms with Crippen molar-refractivity contribution in [2.75, 3.05) is 33.9 Å². The molecule has 0 bridgehead atoms. The summed E-state index contributed by atoms with van der Waals surface area (Å²) in [4.78, 5) is 7.28. The Balaban J connectivity index is 1.73. The monoisotopic (exact) mass is 358 g/mol. The Morgan fingerprint density at radius 1 is 1.12 bits per heavy atom. The van der Waals surface area contributed by atoms with Crippen molar-refractivity contribution in [2.45, 2.75) is 40.2 Å². The number of hydrogen-bond donors (Lipinski definition) is 0. The third-order valence-corrected chi connectivity index (χ3v) is 5.35. The highest BCUT2D eigenvalue weighted by Gasteiger charge is 2.22. The summed E-state index contributed by atoms with van der Waals surface area (Å²) in [5.74, 6) is 3.20. The molecule has 5 nitrogen and oxygen atoms in total. The molecule has 2 aromatic rings. The lowest BCUT2D eigenvalue weighted by molar-refractivity contribution is 0.0962. The van der Waals surface area contributed by atoms with Gasteiger partial charge in [0.1, 0.15) is 11.5 Å². The quantitative estimate of drug-likeness (QED) is 0.777. The average Bonchev–Trinajstić information content (AvgIpc) is 2.99. The van der Waals surface area contributed by atoms with Crippen LogP contribution in [0, 0.1) is 26.7 Å². The van der Waals surface area contributed by atoms with Crippen LogP contribution in [0.5, 0.6) is 5.75 Å². The van der Waals surface area contributed by atoms with E-state index in [0.29, 0.717) is 11.8 Å². The van der Waals surface area contributed by atoms with E-state index >= 15 is 0 Å². The first-order valence-corrected chi connectivity index (χ1v) is 9.35. The van der Waals surface area contributed by atoms with Gasteiger partial charge in [0.2, 0.25) is 5.89 Å². The van der Waals surface area contributed by atoms with Crippen molar-refractivity contribution in [1.82, 2.24) is 9.88 Å². The number of methoxy groups -OCH3 is 2. The van der Waals surface area contributed by atoms with Crippen LogP contribution in [0.15, 0.2) is 16.5 Å². The fourth-order valence-corrected chi connectivity index (χ4v) is 3.69. The summed E-state index contributed by atoms with van der Waals surface area (Å²) in [6.45, 7) is 10.0. The van der Waals surface area contributed by atoms with E-state index in [2.05, 4.69) is 17.9 Å². The molecule has 0 radical (unpaired) electrons. The highest BCUT2D eigenvalue weighted by Crippen LogP contribution is 2.31. The fraction of sp³-hybridized carbons (Fsp3) is 0.571. The molecular weight excluding hydrogens is 328 g/mol. The minimum absolute atomic E-state index is 0.690. The van der Waals surface area contributed by atoms with E-state index in [1.165, 1.54) is 12.8 Å². The standard InChI is InChI=1S/C21H30N2O3/c1-14-11-20(25-5)15(2)10-18(14)21-22-19(16(3)26-21)12-23-8-6-17(7-9-23)13-24-4/h10-11,17H,6-9,12-13H2,1-5H3. The van der Waals surface area contributed by atoms with Gasteiger partial charge in [0.05, 0.1) is 12.8 Å². The second-order valence-corrected chi connectivity index (χ2v) is 7.33. The number of nitrogens with zero attached hydrogens (tertiary/aromatic N) is 2. The Hall–Kier alpha value is -1.85. The summed E-state index contributed by atoms with van der Waals surface area (Å²) in [6, 6.07) is 4.14. The van der Waals surface area contributed by atoms with Crippen LogP contribution in [0.2, 0.25) is 0 Å². The van der Waals surface area contributed by atoms with Crippen LogP contribution < -0.4 is 4.74 Å². The second kappa shape index (κ2) is 8.23. The van der Waals surface area contributed by atoms with Crippen LogP contribution in [0.4, 0.5) is 0 Å². The van der Waals surface area contributed by atoms with Gasteiger partial charge in [-0.05, 0) is 75.9 Å². The van der Waals surface area contributed by atoms with Crippen molar-refractivity contribution in [2.24, 2.45) is 5.92 Å². The maximum absolute atomic E-state index is 6.01. The summed E-state index contributed by atoms with van der Waals surface area (Å²) in [5, 5.41) is 0. The summed E-state index contributed by atoms with van der Waals surface area (Å²) in [5.41, 5.74) is 4.28. The molecule has 0 atom stereocenters. The highest BCUT2D eigenvalue weighted by molar-refractivity contribution is 5.62. The molecule has 1 aliphatic heterocycles. The molecule has 26 heavy (non-hydrogen) atoms. The predicted molar refractivity (Wildman–Crippen MR) is 103 cm³/mol. The predicted octanol–water partition coefficient (Wildman–Crippen LogP) is 4.13. The minimum Gasteiger partial charge on any atom is -0.496 e. The first kappa shape index (κ1) is 18.9. The molecule has 0 saturated carbocycles. The van der Waals surface area contributed by atoms with Crippen LogP contribution >= 0.6 is 0 Å². The third kappa shape index (κ3) is 4.10. The molecule has 0 N–H and O–H groups in total. The number of piperidine rings is 1. The molecule has 3 rings (SSSR count). The fourth-order valence-electron chi connectivity index (χ4n) is 3.69. The molecule has 0 unspecified atom stereocenters. The van der Waals surface area contributed by atoms with Crippen LogP contribution in [0.1, 0.15) is 35.4 Å². The van der Waals surface area contributed by atoms with Crippen molar-refractivity contribution >= 4 is 0 Å². The Morgan fingerprint density at radius 3 is 2.50 bits per heavy atom. The van der Waals surface area contributed by atoms with Gasteiger partial charge in [0.25, 0.3) is 0 Å². The number of hydrogen-bond acceptors (Lipinski definition) is 5. The zero-order chi connectivity index (χ0) is 18.7. The molecular formula is C21H30N2O3. The lowest BCUT2D eigenvalue weighted by Gasteiger charge is -2.31. The van der Waals surface area contributed by atoms with E-state index in [1.807, 2.05) is 19.9 Å². The number of oxazole rings is 1. The number of likely N-dealkylation sites (tertiary alicyclic amines) is 1. The second-order valence-electron chi connectivity index (χ2n) is 7.33. The Labute approximate surface area is 156 Å². The topological polar surface area (TPSA) is 47.7 Å². The largest absolute Gasteiger partial charge is 0.496 e. The molecule has 1 fully saturated rings. The van der Waals surface area contributed by atoms with Gasteiger partial charge in [-0.15, -0.1) is 0 Å². The third-order valence-electron chi connectivity index (χ3n) is 5.35. The highest BCUT2D eigenvalue weighted by atomic mass is 16.5. The molecule has 1 aromatic carbocycles. The Bertz CT molecular complexity index is 746. The van der Waals surface area contributed by atoms with Gasteiger partial charge in [-0.25, -0.2) is 4.98 Å². The van der Waals surface area contributed by atoms with E-state index in [-0.39, 0.29) is 0 Å². The number of aryl methyl sites for hydroxylation is 3. The SMILES string of the molecule is COCC1CCN(Cc2nc(-c3cc(C)c(OC)cc3C)oc2C)CC1. The van der Waals surface area contributed by atoms with Gasteiger partial charge < -0.3 is 13.9 Å². The first-order chi connectivity index (χ1) is 12.5. The van der Waals surface area contributed by atoms with Gasteiger partial charge in [-0.1, -0.05) is 0 Å². The molecule has 5 heteroatoms. The zero-order valence-corrected chi connectivity index (χ0v) is 16.6. The van der Waals surface area contributed by atoms with Crippen molar-refractivity contribution in [1.29, 1.82) is 0 Å². The van der Waals surface area contributed by atoms with Crippen LogP contribution in [-0.2, 0) is 11.3 Å². The minimum atomic E-state index is 0.690. The van der Waals surface area contributed by atoms with Gasteiger partial charge >= 0.3 is 0 Å². The number of benzene rings is 1. The van der Waals surface area contributed by atoms with Crippen molar-refractivity contribution < 1.29 is 13.9 Å². The van der Waals surface area contributed by atoms with E-state index in [4.69, 9.17) is 18.9 Å². The molecule has 0 spiro atoms. The number of rotatable bonds is 6. The van der Waals surface area contributed by atoms with E-state index in [0.717, 1.165) is 60.1 Å². The van der Waals surface area contributed by atoms with Gasteiger partial charge in [-0.2, -0.15) is 0 Å². The van der Waals surface area contributed by atoms with Crippen molar-refractivity contribution in [3.8, 4) is 17.2 Å². The molecule has 2 heterocycles. The molecule has 142 valence electrons. The van der Waals surface area contributed by atoms with Crippen LogP contribution in [-0.4, -0.2) is 43.8 Å². The summed E-state index contributed by atoms with van der Waals surface area (Å²) in [6.07, 6.45) is 2.38. The summed E-state index contributed by atoms with van der Waals surface area (Å²) >= 11 is 0. The number of ether oxygens (including phenoxy) is 2. The average molecular weight is 358 g/mol. The van der Waals surface area contributed by atoms with E-state index in [1.54, 1.807) is 14.2 Å². The maximum Gasteiger partial charge on any atom is 0.226 e. The molecule has 0 amide bonds. The van der Waals surface area contributed by atoms with E-state index in [9.17, 15) is 0 Å². The summed E-state index contributed by atoms with van der Waals surface area (Å²) < 4.78 is 16.7. The lowest BCUT2D eigenvalue weighted by atomic mass is 9.98. The zero-order valence-electron chi connectivity index (χ0n) is 16.6. The van der Waals surface area contributed by atoms with Gasteiger partial charge in [0.15, 0.2) is 0 Å². The van der Waals surface area contributed by atoms with E-state index < -0.39 is 0 Å². The molecule has 1 aromatic heterocycles. The van der Waals surface area contributed by atoms with Gasteiger partial charge in [0, 0.05) is 25.8 Å². The number of aromatic nitrogens is 1. The van der Waals surface area contributed by atoms with Crippen LogP contribution in [0.3, 0.4) is 0 Å². The van der Waals surface area contributed by atoms with Crippen molar-refractivity contribution in [3.63, 3.8) is 0 Å². The molecule has 0 aliphatic carbocycles. The van der Waals surface area contributed by atoms with Crippen molar-refractivity contribution in [3.05, 3.63) is 34.7 Å². The Morgan fingerprint density at radius 2 is 1.85 bits per heavy atom. The molecule has 1 saturated heterocycles. The normalized spacial score (nSPS) is 16.2. The Kier molecular flexibility index (Phi) is 5.99. The first-order valence-electron chi connectivity index (χ1n) is 9.35.